The smallest absolute Gasteiger partial charge is 0.324 e. The Labute approximate surface area is 379 Å². The van der Waals surface area contributed by atoms with Crippen LogP contribution in [0.3, 0.4) is 0 Å². The summed E-state index contributed by atoms with van der Waals surface area (Å²) in [6.45, 7) is 16.0. The van der Waals surface area contributed by atoms with Gasteiger partial charge in [0.1, 0.15) is 24.5 Å². The Balaban J connectivity index is 1.27. The first-order chi connectivity index (χ1) is 30.9. The molecule has 0 unspecified atom stereocenters. The van der Waals surface area contributed by atoms with Crippen LogP contribution in [0.1, 0.15) is 78.2 Å². The van der Waals surface area contributed by atoms with Gasteiger partial charge in [-0.2, -0.15) is 5.10 Å². The third kappa shape index (κ3) is 9.42. The summed E-state index contributed by atoms with van der Waals surface area (Å²) in [4.78, 5) is 81.0. The minimum Gasteiger partial charge on any atom is -0.464 e. The highest BCUT2D eigenvalue weighted by Gasteiger charge is 2.48. The molecule has 0 spiro atoms. The van der Waals surface area contributed by atoms with Gasteiger partial charge in [0.15, 0.2) is 11.4 Å². The molecule has 4 amide bonds. The third-order valence-corrected chi connectivity index (χ3v) is 12.9. The van der Waals surface area contributed by atoms with Gasteiger partial charge in [-0.05, 0) is 81.0 Å². The zero-order chi connectivity index (χ0) is 47.0. The van der Waals surface area contributed by atoms with Crippen LogP contribution < -0.4 is 10.7 Å². The van der Waals surface area contributed by atoms with Gasteiger partial charge >= 0.3 is 5.97 Å². The van der Waals surface area contributed by atoms with Crippen molar-refractivity contribution < 1.29 is 38.6 Å². The minimum absolute atomic E-state index is 0.0153. The van der Waals surface area contributed by atoms with Gasteiger partial charge in [0, 0.05) is 73.9 Å². The molecule has 18 nitrogen and oxygen atoms in total. The van der Waals surface area contributed by atoms with Crippen molar-refractivity contribution >= 4 is 40.5 Å². The molecule has 1 aromatic carbocycles. The molecule has 18 heteroatoms. The largest absolute Gasteiger partial charge is 0.464 e. The van der Waals surface area contributed by atoms with Crippen molar-refractivity contribution in [2.75, 3.05) is 40.4 Å². The summed E-state index contributed by atoms with van der Waals surface area (Å²) in [7, 11) is 3.09. The number of rotatable bonds is 10. The van der Waals surface area contributed by atoms with Crippen LogP contribution in [-0.4, -0.2) is 138 Å². The lowest BCUT2D eigenvalue weighted by molar-refractivity contribution is -0.156. The summed E-state index contributed by atoms with van der Waals surface area (Å²) in [5.74, 6) is -2.87. The van der Waals surface area contributed by atoms with E-state index in [1.165, 1.54) is 32.9 Å². The second kappa shape index (κ2) is 18.9. The van der Waals surface area contributed by atoms with E-state index in [4.69, 9.17) is 19.6 Å². The molecule has 3 aliphatic rings. The van der Waals surface area contributed by atoms with Crippen molar-refractivity contribution in [2.24, 2.45) is 11.3 Å². The molecule has 0 saturated carbocycles. The average molecular weight is 895 g/mol. The minimum atomic E-state index is -1.92. The number of carbonyl (C=O) groups excluding carboxylic acids is 5. The number of likely N-dealkylation sites (N-methyl/N-ethyl adjacent to an activating group) is 1. The van der Waals surface area contributed by atoms with Crippen LogP contribution in [0, 0.1) is 11.3 Å². The molecule has 7 rings (SSSR count). The molecule has 65 heavy (non-hydrogen) atoms. The molecule has 4 aromatic rings. The molecule has 0 aliphatic carbocycles. The van der Waals surface area contributed by atoms with E-state index in [1.807, 2.05) is 19.1 Å². The van der Waals surface area contributed by atoms with E-state index in [1.54, 1.807) is 27.2 Å². The number of amides is 4. The maximum absolute atomic E-state index is 14.6. The molecule has 3 aliphatic heterocycles. The van der Waals surface area contributed by atoms with Crippen molar-refractivity contribution in [1.29, 1.82) is 0 Å². The number of hydrogen-bond acceptors (Lipinski definition) is 12. The Morgan fingerprint density at radius 1 is 1.15 bits per heavy atom. The van der Waals surface area contributed by atoms with Crippen molar-refractivity contribution in [1.82, 2.24) is 49.9 Å². The van der Waals surface area contributed by atoms with Crippen LogP contribution in [-0.2, 0) is 53.0 Å². The lowest BCUT2D eigenvalue weighted by Gasteiger charge is -2.37. The van der Waals surface area contributed by atoms with E-state index >= 15 is 0 Å². The number of hydrazine groups is 1. The number of ether oxygens (including phenoxy) is 2. The fourth-order valence-electron chi connectivity index (χ4n) is 9.44. The van der Waals surface area contributed by atoms with Gasteiger partial charge in [-0.25, -0.2) is 15.1 Å². The van der Waals surface area contributed by atoms with Crippen LogP contribution in [0.2, 0.25) is 0 Å². The quantitative estimate of drug-likeness (QED) is 0.155. The van der Waals surface area contributed by atoms with Crippen LogP contribution in [0.5, 0.6) is 0 Å². The molecule has 0 radical (unpaired) electrons. The molecular formula is C47H62N10O8. The first kappa shape index (κ1) is 47.0. The van der Waals surface area contributed by atoms with E-state index < -0.39 is 64.7 Å². The topological polar surface area (TPSA) is 206 Å². The summed E-state index contributed by atoms with van der Waals surface area (Å²) >= 11 is 0. The van der Waals surface area contributed by atoms with Crippen molar-refractivity contribution in [2.45, 2.75) is 110 Å². The summed E-state index contributed by atoms with van der Waals surface area (Å²) in [6.07, 6.45) is 5.54. The van der Waals surface area contributed by atoms with Crippen molar-refractivity contribution in [3.63, 3.8) is 0 Å². The lowest BCUT2D eigenvalue weighted by Crippen LogP contribution is -2.63. The van der Waals surface area contributed by atoms with E-state index in [-0.39, 0.29) is 45.3 Å². The molecule has 348 valence electrons. The number of aromatic nitrogens is 5. The highest BCUT2D eigenvalue weighted by Crippen LogP contribution is 2.41. The van der Waals surface area contributed by atoms with E-state index in [0.29, 0.717) is 31.6 Å². The molecular weight excluding hydrogens is 833 g/mol. The number of aryl methyl sites for hydroxylation is 1. The number of methoxy groups -OCH3 is 1. The monoisotopic (exact) mass is 894 g/mol. The highest BCUT2D eigenvalue weighted by molar-refractivity contribution is 5.96. The Kier molecular flexibility index (Phi) is 13.6. The average Bonchev–Trinajstić information content (AvgIpc) is 4.02. The van der Waals surface area contributed by atoms with Crippen LogP contribution in [0.15, 0.2) is 55.5 Å². The first-order valence-electron chi connectivity index (χ1n) is 22.4. The van der Waals surface area contributed by atoms with Crippen LogP contribution in [0.25, 0.3) is 33.5 Å². The molecule has 5 atom stereocenters. The standard InChI is InChI=1S/C47H62N10O8/c1-10-37(58)54-21-18-47(63,25-54)45(62)53(8)39(28(3)4)42(59)50-35-24-55-27-49-41(52-55)30-16-17-36-32(22-30)33(40(56(36)11-2)31-14-12-19-48-38(31)29(5)64-9)23-46(6,7)26-65-44(61)34-15-13-20-57(51-34)43(35)60/h10,12,14,16-17,19,22,27-29,34-35,39,51,63H,1,11,13,15,18,20-21,23-26H2,2-9H3,(H,50,59)/t29-,34-,35-,39-,47+/m0/s1. The number of likely N-dealkylation sites (tertiary alicyclic amines) is 1. The molecule has 3 N–H and O–H groups in total. The SMILES string of the molecule is C=CC(=O)N1CC[C@](O)(C(=O)N(C)[C@H](C(=O)N[C@H]2Cn3cnc(n3)-c3ccc4c(c3)c(c(-c3cccnc3[C@H](C)OC)n4CC)CC(C)(C)COC(=O)[C@@H]3CCCN(N3)C2=O)C(C)C)C1. The number of aliphatic hydroxyl groups is 1. The normalized spacial score (nSPS) is 22.3. The zero-order valence-electron chi connectivity index (χ0n) is 38.7. The number of fused-ring (bicyclic) bond motifs is 6. The molecule has 2 saturated heterocycles. The van der Waals surface area contributed by atoms with Gasteiger partial charge in [0.25, 0.3) is 11.8 Å². The van der Waals surface area contributed by atoms with E-state index in [0.717, 1.165) is 45.1 Å². The zero-order valence-corrected chi connectivity index (χ0v) is 38.7. The number of esters is 1. The summed E-state index contributed by atoms with van der Waals surface area (Å²) < 4.78 is 15.6. The number of cyclic esters (lactones) is 1. The molecule has 6 bridgehead atoms. The van der Waals surface area contributed by atoms with Gasteiger partial charge in [-0.15, -0.1) is 0 Å². The van der Waals surface area contributed by atoms with Gasteiger partial charge in [0.05, 0.1) is 37.2 Å². The van der Waals surface area contributed by atoms with Gasteiger partial charge in [0.2, 0.25) is 11.8 Å². The molecule has 6 heterocycles. The van der Waals surface area contributed by atoms with E-state index in [9.17, 15) is 29.1 Å². The fourth-order valence-corrected chi connectivity index (χ4v) is 9.44. The third-order valence-electron chi connectivity index (χ3n) is 12.9. The summed E-state index contributed by atoms with van der Waals surface area (Å²) in [5, 5.41) is 21.5. The first-order valence-corrected chi connectivity index (χ1v) is 22.4. The number of benzene rings is 1. The summed E-state index contributed by atoms with van der Waals surface area (Å²) in [5.41, 5.74) is 6.11. The number of nitrogens with zero attached hydrogens (tertiary/aromatic N) is 8. The second-order valence-corrected chi connectivity index (χ2v) is 18.6. The molecule has 3 aromatic heterocycles. The number of β-amino-alcohol motifs (C(OH)–C–C–N with tert-alkyl or cyclic N) is 1. The van der Waals surface area contributed by atoms with E-state index in [2.05, 4.69) is 65.8 Å². The Morgan fingerprint density at radius 3 is 2.63 bits per heavy atom. The van der Waals surface area contributed by atoms with Gasteiger partial charge in [-0.1, -0.05) is 34.3 Å². The second-order valence-electron chi connectivity index (χ2n) is 18.6. The van der Waals surface area contributed by atoms with Gasteiger partial charge in [-0.3, -0.25) is 34.0 Å². The maximum Gasteiger partial charge on any atom is 0.324 e. The van der Waals surface area contributed by atoms with Crippen molar-refractivity contribution in [3.8, 4) is 22.6 Å². The van der Waals surface area contributed by atoms with Crippen LogP contribution in [0.4, 0.5) is 0 Å². The predicted molar refractivity (Wildman–Crippen MR) is 241 cm³/mol. The van der Waals surface area contributed by atoms with Crippen LogP contribution >= 0.6 is 0 Å². The number of nitrogens with one attached hydrogen (secondary N) is 2. The highest BCUT2D eigenvalue weighted by atomic mass is 16.5. The Hall–Kier alpha value is -5.98. The summed E-state index contributed by atoms with van der Waals surface area (Å²) in [6, 6.07) is 6.87. The Morgan fingerprint density at radius 2 is 1.92 bits per heavy atom. The Bertz CT molecular complexity index is 2480. The van der Waals surface area contributed by atoms with Gasteiger partial charge < -0.3 is 34.3 Å². The number of pyridine rings is 1. The predicted octanol–water partition coefficient (Wildman–Crippen LogP) is 3.43. The fraction of sp³-hybridized carbons (Fsp3) is 0.532. The van der Waals surface area contributed by atoms with Crippen molar-refractivity contribution in [3.05, 3.63) is 66.8 Å². The number of hydrogen-bond donors (Lipinski definition) is 3. The number of carbonyl (C=O) groups is 5. The molecule has 2 fully saturated rings. The maximum atomic E-state index is 14.6. The lowest BCUT2D eigenvalue weighted by atomic mass is 9.84.